The molecule has 1 N–H and O–H groups in total. The number of carbonyl (C=O) groups excluding carboxylic acids is 1. The van der Waals surface area contributed by atoms with Crippen molar-refractivity contribution in [3.05, 3.63) is 59.9 Å². The molecule has 1 aromatic carbocycles. The van der Waals surface area contributed by atoms with Crippen LogP contribution >= 0.6 is 0 Å². The van der Waals surface area contributed by atoms with Crippen LogP contribution in [0.5, 0.6) is 5.75 Å². The summed E-state index contributed by atoms with van der Waals surface area (Å²) in [6, 6.07) is 11.7. The van der Waals surface area contributed by atoms with Gasteiger partial charge in [0.05, 0.1) is 0 Å². The third-order valence-electron chi connectivity index (χ3n) is 3.63. The summed E-state index contributed by atoms with van der Waals surface area (Å²) < 4.78 is 5.68. The summed E-state index contributed by atoms with van der Waals surface area (Å²) in [5.41, 5.74) is 2.11. The van der Waals surface area contributed by atoms with Crippen LogP contribution < -0.4 is 10.1 Å². The van der Waals surface area contributed by atoms with E-state index in [2.05, 4.69) is 30.2 Å². The van der Waals surface area contributed by atoms with Crippen LogP contribution in [0.4, 0.5) is 0 Å². The molecule has 0 aliphatic rings. The normalized spacial score (nSPS) is 11.7. The van der Waals surface area contributed by atoms with Gasteiger partial charge in [0, 0.05) is 18.9 Å². The van der Waals surface area contributed by atoms with Crippen LogP contribution in [-0.4, -0.2) is 17.5 Å². The molecular formula is C18H22N2O2. The lowest BCUT2D eigenvalue weighted by atomic mass is 9.98. The smallest absolute Gasteiger partial charge is 0.258 e. The second kappa shape index (κ2) is 8.17. The Hall–Kier alpha value is -2.36. The van der Waals surface area contributed by atoms with Gasteiger partial charge in [-0.25, -0.2) is 0 Å². The highest BCUT2D eigenvalue weighted by Gasteiger charge is 2.11. The number of para-hydroxylation sites is 1. The van der Waals surface area contributed by atoms with Crippen LogP contribution in [0, 0.1) is 0 Å². The number of rotatable bonds is 7. The van der Waals surface area contributed by atoms with Crippen molar-refractivity contribution in [1.82, 2.24) is 10.3 Å². The minimum atomic E-state index is -0.136. The van der Waals surface area contributed by atoms with Crippen molar-refractivity contribution in [2.75, 3.05) is 6.61 Å². The maximum absolute atomic E-state index is 11.9. The van der Waals surface area contributed by atoms with Crippen molar-refractivity contribution >= 4 is 5.91 Å². The van der Waals surface area contributed by atoms with E-state index in [0.29, 0.717) is 12.5 Å². The van der Waals surface area contributed by atoms with Crippen LogP contribution in [0.1, 0.15) is 37.3 Å². The van der Waals surface area contributed by atoms with Gasteiger partial charge in [-0.3, -0.25) is 9.78 Å². The maximum Gasteiger partial charge on any atom is 0.258 e. The van der Waals surface area contributed by atoms with Gasteiger partial charge in [-0.05, 0) is 35.6 Å². The van der Waals surface area contributed by atoms with Crippen LogP contribution in [0.2, 0.25) is 0 Å². The average molecular weight is 298 g/mol. The van der Waals surface area contributed by atoms with Gasteiger partial charge in [-0.1, -0.05) is 38.1 Å². The van der Waals surface area contributed by atoms with E-state index in [0.717, 1.165) is 23.3 Å². The second-order valence-corrected chi connectivity index (χ2v) is 5.27. The van der Waals surface area contributed by atoms with Gasteiger partial charge in [0.1, 0.15) is 5.75 Å². The van der Waals surface area contributed by atoms with Crippen LogP contribution in [-0.2, 0) is 11.3 Å². The quantitative estimate of drug-likeness (QED) is 0.853. The molecule has 116 valence electrons. The summed E-state index contributed by atoms with van der Waals surface area (Å²) in [5.74, 6) is 1.06. The Morgan fingerprint density at radius 1 is 1.27 bits per heavy atom. The molecular weight excluding hydrogens is 276 g/mol. The van der Waals surface area contributed by atoms with Crippen molar-refractivity contribution in [2.45, 2.75) is 32.7 Å². The summed E-state index contributed by atoms with van der Waals surface area (Å²) in [7, 11) is 0. The molecule has 1 aromatic heterocycles. The first-order valence-corrected chi connectivity index (χ1v) is 7.58. The van der Waals surface area contributed by atoms with E-state index in [-0.39, 0.29) is 12.5 Å². The lowest BCUT2D eigenvalue weighted by Gasteiger charge is -2.15. The molecule has 1 unspecified atom stereocenters. The minimum Gasteiger partial charge on any atom is -0.483 e. The molecule has 4 nitrogen and oxygen atoms in total. The zero-order valence-corrected chi connectivity index (χ0v) is 13.1. The number of amides is 1. The van der Waals surface area contributed by atoms with Gasteiger partial charge in [0.25, 0.3) is 5.91 Å². The highest BCUT2D eigenvalue weighted by atomic mass is 16.5. The monoisotopic (exact) mass is 298 g/mol. The molecule has 0 aliphatic carbocycles. The van der Waals surface area contributed by atoms with Crippen molar-refractivity contribution < 1.29 is 9.53 Å². The summed E-state index contributed by atoms with van der Waals surface area (Å²) in [5, 5.41) is 2.83. The predicted octanol–water partition coefficient (Wildman–Crippen LogP) is 3.29. The average Bonchev–Trinajstić information content (AvgIpc) is 2.58. The van der Waals surface area contributed by atoms with E-state index in [4.69, 9.17) is 4.74 Å². The number of pyridine rings is 1. The molecule has 2 rings (SSSR count). The van der Waals surface area contributed by atoms with E-state index >= 15 is 0 Å². The number of carbonyl (C=O) groups is 1. The number of nitrogens with zero attached hydrogens (tertiary/aromatic N) is 1. The fourth-order valence-corrected chi connectivity index (χ4v) is 2.14. The van der Waals surface area contributed by atoms with Gasteiger partial charge in [-0.15, -0.1) is 0 Å². The fraction of sp³-hybridized carbons (Fsp3) is 0.333. The van der Waals surface area contributed by atoms with Crippen LogP contribution in [0.3, 0.4) is 0 Å². The van der Waals surface area contributed by atoms with Gasteiger partial charge in [0.2, 0.25) is 0 Å². The molecule has 1 atom stereocenters. The van der Waals surface area contributed by atoms with E-state index < -0.39 is 0 Å². The Morgan fingerprint density at radius 2 is 2.09 bits per heavy atom. The first kappa shape index (κ1) is 16.0. The van der Waals surface area contributed by atoms with Crippen molar-refractivity contribution in [3.63, 3.8) is 0 Å². The molecule has 0 aliphatic heterocycles. The Balaban J connectivity index is 1.86. The van der Waals surface area contributed by atoms with Crippen molar-refractivity contribution in [1.29, 1.82) is 0 Å². The van der Waals surface area contributed by atoms with Crippen LogP contribution in [0.15, 0.2) is 48.8 Å². The Bertz CT molecular complexity index is 599. The zero-order valence-electron chi connectivity index (χ0n) is 13.1. The summed E-state index contributed by atoms with van der Waals surface area (Å²) >= 11 is 0. The number of ether oxygens (including phenoxy) is 1. The largest absolute Gasteiger partial charge is 0.483 e. The minimum absolute atomic E-state index is 0.0215. The van der Waals surface area contributed by atoms with E-state index in [1.807, 2.05) is 30.3 Å². The molecule has 22 heavy (non-hydrogen) atoms. The maximum atomic E-state index is 11.9. The van der Waals surface area contributed by atoms with Crippen molar-refractivity contribution in [3.8, 4) is 5.75 Å². The SMILES string of the molecule is CCC(C)c1ccccc1OCC(=O)NCc1cccnc1. The lowest BCUT2D eigenvalue weighted by Crippen LogP contribution is -2.28. The molecule has 1 heterocycles. The number of hydrogen-bond donors (Lipinski definition) is 1. The highest BCUT2D eigenvalue weighted by molar-refractivity contribution is 5.77. The predicted molar refractivity (Wildman–Crippen MR) is 86.7 cm³/mol. The topological polar surface area (TPSA) is 51.2 Å². The van der Waals surface area contributed by atoms with Crippen LogP contribution in [0.25, 0.3) is 0 Å². The Kier molecular flexibility index (Phi) is 5.95. The van der Waals surface area contributed by atoms with E-state index in [9.17, 15) is 4.79 Å². The molecule has 0 saturated heterocycles. The molecule has 0 radical (unpaired) electrons. The highest BCUT2D eigenvalue weighted by Crippen LogP contribution is 2.28. The Labute approximate surface area is 131 Å². The first-order chi connectivity index (χ1) is 10.7. The molecule has 1 amide bonds. The summed E-state index contributed by atoms with van der Waals surface area (Å²) in [6.07, 6.45) is 4.48. The van der Waals surface area contributed by atoms with Gasteiger partial charge >= 0.3 is 0 Å². The fourth-order valence-electron chi connectivity index (χ4n) is 2.14. The number of hydrogen-bond acceptors (Lipinski definition) is 3. The zero-order chi connectivity index (χ0) is 15.8. The van der Waals surface area contributed by atoms with Gasteiger partial charge in [-0.2, -0.15) is 0 Å². The standard InChI is InChI=1S/C18H22N2O2/c1-3-14(2)16-8-4-5-9-17(16)22-13-18(21)20-12-15-7-6-10-19-11-15/h4-11,14H,3,12-13H2,1-2H3,(H,20,21). The molecule has 0 spiro atoms. The van der Waals surface area contributed by atoms with E-state index in [1.54, 1.807) is 12.4 Å². The third-order valence-corrected chi connectivity index (χ3v) is 3.63. The molecule has 0 saturated carbocycles. The number of nitrogens with one attached hydrogen (secondary N) is 1. The first-order valence-electron chi connectivity index (χ1n) is 7.58. The van der Waals surface area contributed by atoms with Gasteiger partial charge < -0.3 is 10.1 Å². The summed E-state index contributed by atoms with van der Waals surface area (Å²) in [6.45, 7) is 4.78. The molecule has 0 fully saturated rings. The molecule has 2 aromatic rings. The second-order valence-electron chi connectivity index (χ2n) is 5.27. The molecule has 4 heteroatoms. The third kappa shape index (κ3) is 4.58. The number of aromatic nitrogens is 1. The molecule has 0 bridgehead atoms. The Morgan fingerprint density at radius 3 is 2.82 bits per heavy atom. The van der Waals surface area contributed by atoms with E-state index in [1.165, 1.54) is 0 Å². The summed E-state index contributed by atoms with van der Waals surface area (Å²) in [4.78, 5) is 15.9. The van der Waals surface area contributed by atoms with Gasteiger partial charge in [0.15, 0.2) is 6.61 Å². The lowest BCUT2D eigenvalue weighted by molar-refractivity contribution is -0.123. The number of benzene rings is 1. The van der Waals surface area contributed by atoms with Crippen molar-refractivity contribution in [2.24, 2.45) is 0 Å².